The van der Waals surface area contributed by atoms with Crippen LogP contribution in [0.3, 0.4) is 0 Å². The molecule has 0 aliphatic carbocycles. The fraction of sp³-hybridized carbons (Fsp3) is 0.125. The lowest BCUT2D eigenvalue weighted by molar-refractivity contribution is 0.102. The van der Waals surface area contributed by atoms with E-state index in [9.17, 15) is 9.59 Å². The number of fused-ring (bicyclic) bond motifs is 1. The standard InChI is InChI=1S/C24H21N7O3/c1-15-7-6-10-18(21(15)23(33)26-19-11-12-30(2)28-19)34-14-17-13-20(32)31-24(25-17)27-22(29-31)16-8-4-3-5-9-16/h3-13H,14H2,1-2H3,(H,25,27,29)(H,26,28,33). The van der Waals surface area contributed by atoms with Crippen molar-refractivity contribution >= 4 is 17.5 Å². The Bertz CT molecular complexity index is 1550. The predicted molar refractivity (Wildman–Crippen MR) is 126 cm³/mol. The van der Waals surface area contributed by atoms with Gasteiger partial charge in [0.25, 0.3) is 11.5 Å². The lowest BCUT2D eigenvalue weighted by Gasteiger charge is -2.13. The monoisotopic (exact) mass is 455 g/mol. The normalized spacial score (nSPS) is 11.0. The van der Waals surface area contributed by atoms with E-state index in [1.807, 2.05) is 43.3 Å². The van der Waals surface area contributed by atoms with Gasteiger partial charge in [0.05, 0.1) is 11.3 Å². The van der Waals surface area contributed by atoms with E-state index in [1.54, 1.807) is 36.1 Å². The van der Waals surface area contributed by atoms with E-state index >= 15 is 0 Å². The number of carbonyl (C=O) groups is 1. The van der Waals surface area contributed by atoms with Gasteiger partial charge in [0.15, 0.2) is 11.6 Å². The highest BCUT2D eigenvalue weighted by Crippen LogP contribution is 2.24. The second kappa shape index (κ2) is 8.66. The average Bonchev–Trinajstić information content (AvgIpc) is 3.44. The fourth-order valence-corrected chi connectivity index (χ4v) is 3.59. The third kappa shape index (κ3) is 4.16. The van der Waals surface area contributed by atoms with Gasteiger partial charge in [-0.25, -0.2) is 0 Å². The van der Waals surface area contributed by atoms with Crippen LogP contribution in [0.2, 0.25) is 0 Å². The van der Waals surface area contributed by atoms with E-state index in [1.165, 1.54) is 10.6 Å². The Hall–Kier alpha value is -4.73. The molecule has 5 rings (SSSR count). The zero-order chi connectivity index (χ0) is 23.7. The maximum atomic E-state index is 12.9. The Morgan fingerprint density at radius 1 is 1.09 bits per heavy atom. The zero-order valence-electron chi connectivity index (χ0n) is 18.5. The van der Waals surface area contributed by atoms with Crippen LogP contribution >= 0.6 is 0 Å². The van der Waals surface area contributed by atoms with Gasteiger partial charge < -0.3 is 15.0 Å². The molecule has 10 nitrogen and oxygen atoms in total. The van der Waals surface area contributed by atoms with Crippen LogP contribution in [0.15, 0.2) is 71.7 Å². The van der Waals surface area contributed by atoms with Crippen molar-refractivity contribution in [2.24, 2.45) is 7.05 Å². The second-order valence-corrected chi connectivity index (χ2v) is 7.74. The second-order valence-electron chi connectivity index (χ2n) is 7.74. The Labute approximate surface area is 193 Å². The molecule has 0 saturated carbocycles. The van der Waals surface area contributed by atoms with Crippen LogP contribution in [0.4, 0.5) is 5.82 Å². The number of nitrogens with one attached hydrogen (secondary N) is 2. The van der Waals surface area contributed by atoms with Crippen molar-refractivity contribution in [2.75, 3.05) is 5.32 Å². The molecule has 0 unspecified atom stereocenters. The van der Waals surface area contributed by atoms with E-state index < -0.39 is 0 Å². The highest BCUT2D eigenvalue weighted by Gasteiger charge is 2.17. The topological polar surface area (TPSA) is 119 Å². The number of H-pyrrole nitrogens is 1. The number of amides is 1. The summed E-state index contributed by atoms with van der Waals surface area (Å²) < 4.78 is 8.76. The lowest BCUT2D eigenvalue weighted by Crippen LogP contribution is -2.18. The number of anilines is 1. The molecule has 0 saturated heterocycles. The number of nitrogens with zero attached hydrogens (tertiary/aromatic N) is 5. The Balaban J connectivity index is 1.40. The Kier molecular flexibility index (Phi) is 5.38. The van der Waals surface area contributed by atoms with E-state index in [0.717, 1.165) is 11.1 Å². The Morgan fingerprint density at radius 2 is 1.91 bits per heavy atom. The summed E-state index contributed by atoms with van der Waals surface area (Å²) in [6.45, 7) is 1.86. The molecule has 2 aromatic carbocycles. The van der Waals surface area contributed by atoms with E-state index in [-0.39, 0.29) is 18.1 Å². The molecule has 10 heteroatoms. The van der Waals surface area contributed by atoms with Gasteiger partial charge >= 0.3 is 0 Å². The zero-order valence-corrected chi connectivity index (χ0v) is 18.5. The summed E-state index contributed by atoms with van der Waals surface area (Å²) >= 11 is 0. The first-order valence-electron chi connectivity index (χ1n) is 10.6. The van der Waals surface area contributed by atoms with Gasteiger partial charge in [0.2, 0.25) is 5.78 Å². The third-order valence-corrected chi connectivity index (χ3v) is 5.22. The number of aryl methyl sites for hydroxylation is 2. The molecule has 34 heavy (non-hydrogen) atoms. The van der Waals surface area contributed by atoms with E-state index in [4.69, 9.17) is 4.74 Å². The largest absolute Gasteiger partial charge is 0.487 e. The van der Waals surface area contributed by atoms with Gasteiger partial charge in [0, 0.05) is 30.9 Å². The number of carbonyl (C=O) groups excluding carboxylic acids is 1. The first-order chi connectivity index (χ1) is 16.5. The van der Waals surface area contributed by atoms with Gasteiger partial charge in [-0.2, -0.15) is 14.6 Å². The van der Waals surface area contributed by atoms with Crippen LogP contribution in [-0.4, -0.2) is 35.3 Å². The first kappa shape index (κ1) is 21.1. The van der Waals surface area contributed by atoms with Crippen molar-refractivity contribution in [3.63, 3.8) is 0 Å². The molecule has 1 amide bonds. The van der Waals surface area contributed by atoms with Crippen molar-refractivity contribution in [3.05, 3.63) is 94.0 Å². The molecule has 0 atom stereocenters. The smallest absolute Gasteiger partial charge is 0.276 e. The molecular formula is C24H21N7O3. The molecule has 2 N–H and O–H groups in total. The highest BCUT2D eigenvalue weighted by molar-refractivity contribution is 6.06. The van der Waals surface area contributed by atoms with E-state index in [0.29, 0.717) is 34.4 Å². The van der Waals surface area contributed by atoms with Crippen LogP contribution in [0.5, 0.6) is 5.75 Å². The number of aromatic amines is 1. The quantitative estimate of drug-likeness (QED) is 0.406. The van der Waals surface area contributed by atoms with Crippen molar-refractivity contribution in [1.82, 2.24) is 29.4 Å². The molecule has 0 aliphatic heterocycles. The molecule has 5 aromatic rings. The summed E-state index contributed by atoms with van der Waals surface area (Å²) in [7, 11) is 1.77. The summed E-state index contributed by atoms with van der Waals surface area (Å²) in [5.41, 5.74) is 2.12. The molecule has 0 radical (unpaired) electrons. The van der Waals surface area contributed by atoms with Gasteiger partial charge in [-0.05, 0) is 18.6 Å². The molecule has 170 valence electrons. The minimum absolute atomic E-state index is 0.0343. The average molecular weight is 455 g/mol. The number of hydrogen-bond acceptors (Lipinski definition) is 6. The number of aromatic nitrogens is 6. The van der Waals surface area contributed by atoms with Crippen LogP contribution in [0.25, 0.3) is 17.2 Å². The van der Waals surface area contributed by atoms with Crippen molar-refractivity contribution in [2.45, 2.75) is 13.5 Å². The summed E-state index contributed by atoms with van der Waals surface area (Å²) in [5, 5.41) is 11.3. The van der Waals surface area contributed by atoms with Gasteiger partial charge in [-0.1, -0.05) is 42.5 Å². The maximum Gasteiger partial charge on any atom is 0.276 e. The van der Waals surface area contributed by atoms with Crippen molar-refractivity contribution in [3.8, 4) is 17.1 Å². The number of ether oxygens (including phenoxy) is 1. The number of rotatable bonds is 6. The van der Waals surface area contributed by atoms with Crippen LogP contribution in [-0.2, 0) is 13.7 Å². The molecule has 0 bridgehead atoms. The molecule has 3 aromatic heterocycles. The van der Waals surface area contributed by atoms with Gasteiger partial charge in [-0.15, -0.1) is 5.10 Å². The number of hydrogen-bond donors (Lipinski definition) is 2. The summed E-state index contributed by atoms with van der Waals surface area (Å²) in [6, 6.07) is 17.9. The maximum absolute atomic E-state index is 12.9. The van der Waals surface area contributed by atoms with Crippen molar-refractivity contribution in [1.29, 1.82) is 0 Å². The van der Waals surface area contributed by atoms with Crippen LogP contribution in [0.1, 0.15) is 21.6 Å². The number of benzene rings is 2. The summed E-state index contributed by atoms with van der Waals surface area (Å²) in [5.74, 6) is 1.25. The van der Waals surface area contributed by atoms with Crippen LogP contribution < -0.4 is 15.6 Å². The van der Waals surface area contributed by atoms with Gasteiger partial charge in [-0.3, -0.25) is 14.3 Å². The molecule has 3 heterocycles. The third-order valence-electron chi connectivity index (χ3n) is 5.22. The molecular weight excluding hydrogens is 434 g/mol. The lowest BCUT2D eigenvalue weighted by atomic mass is 10.1. The van der Waals surface area contributed by atoms with Gasteiger partial charge in [0.1, 0.15) is 12.4 Å². The Morgan fingerprint density at radius 3 is 2.68 bits per heavy atom. The summed E-state index contributed by atoms with van der Waals surface area (Å²) in [6.07, 6.45) is 1.74. The van der Waals surface area contributed by atoms with Crippen molar-refractivity contribution < 1.29 is 9.53 Å². The fourth-order valence-electron chi connectivity index (χ4n) is 3.59. The first-order valence-corrected chi connectivity index (χ1v) is 10.6. The highest BCUT2D eigenvalue weighted by atomic mass is 16.5. The predicted octanol–water partition coefficient (Wildman–Crippen LogP) is 2.96. The SMILES string of the molecule is Cc1cccc(OCc2cc(=O)n3nc(-c4ccccc4)nc3[nH]2)c1C(=O)Nc1ccn(C)n1. The molecule has 0 fully saturated rings. The van der Waals surface area contributed by atoms with Crippen LogP contribution in [0, 0.1) is 6.92 Å². The van der Waals surface area contributed by atoms with E-state index in [2.05, 4.69) is 25.5 Å². The minimum atomic E-state index is -0.334. The molecule has 0 spiro atoms. The summed E-state index contributed by atoms with van der Waals surface area (Å²) in [4.78, 5) is 33.0. The molecule has 0 aliphatic rings. The minimum Gasteiger partial charge on any atom is -0.487 e.